The van der Waals surface area contributed by atoms with Crippen LogP contribution in [0.1, 0.15) is 38.8 Å². The quantitative estimate of drug-likeness (QED) is 0.894. The van der Waals surface area contributed by atoms with Crippen LogP contribution in [-0.4, -0.2) is 25.3 Å². The molecule has 3 heteroatoms. The lowest BCUT2D eigenvalue weighted by Gasteiger charge is -2.40. The molecule has 0 aromatic heterocycles. The predicted octanol–water partition coefficient (Wildman–Crippen LogP) is 2.71. The summed E-state index contributed by atoms with van der Waals surface area (Å²) in [6, 6.07) is 8.59. The number of anilines is 1. The van der Waals surface area contributed by atoms with Crippen molar-refractivity contribution in [1.82, 2.24) is 0 Å². The van der Waals surface area contributed by atoms with Gasteiger partial charge in [0.1, 0.15) is 0 Å². The Morgan fingerprint density at radius 2 is 2.11 bits per heavy atom. The molecule has 1 aliphatic heterocycles. The highest BCUT2D eigenvalue weighted by Gasteiger charge is 2.28. The molecule has 0 bridgehead atoms. The van der Waals surface area contributed by atoms with Gasteiger partial charge in [-0.25, -0.2) is 0 Å². The summed E-state index contributed by atoms with van der Waals surface area (Å²) in [4.78, 5) is 2.40. The molecule has 1 aliphatic rings. The molecule has 1 aromatic carbocycles. The van der Waals surface area contributed by atoms with Gasteiger partial charge in [0.25, 0.3) is 0 Å². The fraction of sp³-hybridized carbons (Fsp3) is 0.600. The Morgan fingerprint density at radius 3 is 2.78 bits per heavy atom. The highest BCUT2D eigenvalue weighted by atomic mass is 16.5. The van der Waals surface area contributed by atoms with Crippen LogP contribution in [0.5, 0.6) is 0 Å². The first-order chi connectivity index (χ1) is 8.53. The number of rotatable bonds is 3. The lowest BCUT2D eigenvalue weighted by molar-refractivity contribution is -0.0277. The van der Waals surface area contributed by atoms with Crippen molar-refractivity contribution in [2.24, 2.45) is 5.73 Å². The molecule has 1 heterocycles. The zero-order chi connectivity index (χ0) is 13.2. The van der Waals surface area contributed by atoms with E-state index < -0.39 is 0 Å². The first kappa shape index (κ1) is 13.4. The van der Waals surface area contributed by atoms with Gasteiger partial charge in [-0.3, -0.25) is 0 Å². The summed E-state index contributed by atoms with van der Waals surface area (Å²) in [6.07, 6.45) is 0.963. The molecular formula is C15H24N2O. The van der Waals surface area contributed by atoms with E-state index >= 15 is 0 Å². The van der Waals surface area contributed by atoms with Crippen LogP contribution in [0.3, 0.4) is 0 Å². The maximum Gasteiger partial charge on any atom is 0.0801 e. The average Bonchev–Trinajstić information content (AvgIpc) is 2.36. The first-order valence-corrected chi connectivity index (χ1v) is 6.77. The van der Waals surface area contributed by atoms with Crippen molar-refractivity contribution in [3.8, 4) is 0 Å². The van der Waals surface area contributed by atoms with E-state index in [1.807, 2.05) is 0 Å². The molecule has 0 amide bonds. The lowest BCUT2D eigenvalue weighted by Crippen LogP contribution is -2.48. The Morgan fingerprint density at radius 1 is 1.39 bits per heavy atom. The molecule has 1 unspecified atom stereocenters. The van der Waals surface area contributed by atoms with Crippen LogP contribution in [-0.2, 0) is 4.74 Å². The predicted molar refractivity (Wildman–Crippen MR) is 75.9 cm³/mol. The van der Waals surface area contributed by atoms with Gasteiger partial charge in [-0.15, -0.1) is 0 Å². The van der Waals surface area contributed by atoms with Crippen molar-refractivity contribution >= 4 is 5.69 Å². The van der Waals surface area contributed by atoms with Gasteiger partial charge in [-0.2, -0.15) is 0 Å². The molecule has 18 heavy (non-hydrogen) atoms. The zero-order valence-corrected chi connectivity index (χ0v) is 11.6. The Hall–Kier alpha value is -1.06. The van der Waals surface area contributed by atoms with Crippen LogP contribution in [0.25, 0.3) is 0 Å². The summed E-state index contributed by atoms with van der Waals surface area (Å²) in [5.41, 5.74) is 8.64. The summed E-state index contributed by atoms with van der Waals surface area (Å²) in [6.45, 7) is 9.05. The van der Waals surface area contributed by atoms with Crippen molar-refractivity contribution in [3.63, 3.8) is 0 Å². The third kappa shape index (κ3) is 2.85. The number of nitrogens with two attached hydrogens (primary N) is 1. The van der Waals surface area contributed by atoms with E-state index in [0.29, 0.717) is 0 Å². The van der Waals surface area contributed by atoms with Crippen molar-refractivity contribution in [2.45, 2.75) is 38.8 Å². The molecule has 2 N–H and O–H groups in total. The lowest BCUT2D eigenvalue weighted by atomic mass is 10.0. The van der Waals surface area contributed by atoms with E-state index in [1.54, 1.807) is 0 Å². The van der Waals surface area contributed by atoms with Gasteiger partial charge in [0.2, 0.25) is 0 Å². The fourth-order valence-corrected chi connectivity index (χ4v) is 2.53. The van der Waals surface area contributed by atoms with Crippen molar-refractivity contribution in [3.05, 3.63) is 29.8 Å². The molecule has 100 valence electrons. The standard InChI is InChI=1S/C15H24N2O/c1-4-13(16)12-7-5-6-8-14(12)17-9-10-18-15(2,3)11-17/h5-8,13H,4,9-11,16H2,1-3H3. The van der Waals surface area contributed by atoms with Gasteiger partial charge in [0, 0.05) is 24.8 Å². The summed E-state index contributed by atoms with van der Waals surface area (Å²) >= 11 is 0. The Balaban J connectivity index is 2.27. The molecule has 3 nitrogen and oxygen atoms in total. The molecule has 0 saturated carbocycles. The molecule has 0 radical (unpaired) electrons. The summed E-state index contributed by atoms with van der Waals surface area (Å²) in [5.74, 6) is 0. The monoisotopic (exact) mass is 248 g/mol. The molecule has 0 aliphatic carbocycles. The van der Waals surface area contributed by atoms with E-state index in [1.165, 1.54) is 11.3 Å². The van der Waals surface area contributed by atoms with E-state index in [9.17, 15) is 0 Å². The minimum atomic E-state index is -0.0817. The second-order valence-electron chi connectivity index (χ2n) is 5.60. The summed E-state index contributed by atoms with van der Waals surface area (Å²) in [5, 5.41) is 0. The molecule has 1 atom stereocenters. The highest BCUT2D eigenvalue weighted by Crippen LogP contribution is 2.30. The number of benzene rings is 1. The smallest absolute Gasteiger partial charge is 0.0801 e. The third-order valence-corrected chi connectivity index (χ3v) is 3.54. The van der Waals surface area contributed by atoms with E-state index in [-0.39, 0.29) is 11.6 Å². The number of hydrogen-bond acceptors (Lipinski definition) is 3. The Kier molecular flexibility index (Phi) is 3.93. The van der Waals surface area contributed by atoms with Crippen molar-refractivity contribution in [2.75, 3.05) is 24.6 Å². The molecular weight excluding hydrogens is 224 g/mol. The molecule has 1 aromatic rings. The topological polar surface area (TPSA) is 38.5 Å². The zero-order valence-electron chi connectivity index (χ0n) is 11.6. The summed E-state index contributed by atoms with van der Waals surface area (Å²) in [7, 11) is 0. The van der Waals surface area contributed by atoms with Gasteiger partial charge in [-0.1, -0.05) is 25.1 Å². The van der Waals surface area contributed by atoms with E-state index in [0.717, 1.165) is 26.1 Å². The van der Waals surface area contributed by atoms with Gasteiger partial charge in [0.05, 0.1) is 12.2 Å². The van der Waals surface area contributed by atoms with Gasteiger partial charge in [0.15, 0.2) is 0 Å². The molecule has 0 spiro atoms. The number of hydrogen-bond donors (Lipinski definition) is 1. The fourth-order valence-electron chi connectivity index (χ4n) is 2.53. The number of nitrogens with zero attached hydrogens (tertiary/aromatic N) is 1. The van der Waals surface area contributed by atoms with Gasteiger partial charge < -0.3 is 15.4 Å². The Labute approximate surface area is 110 Å². The normalized spacial score (nSPS) is 20.8. The second-order valence-corrected chi connectivity index (χ2v) is 5.60. The third-order valence-electron chi connectivity index (χ3n) is 3.54. The Bertz CT molecular complexity index is 403. The number of para-hydroxylation sites is 1. The SMILES string of the molecule is CCC(N)c1ccccc1N1CCOC(C)(C)C1. The van der Waals surface area contributed by atoms with Gasteiger partial charge >= 0.3 is 0 Å². The highest BCUT2D eigenvalue weighted by molar-refractivity contribution is 5.55. The molecule has 2 rings (SSSR count). The van der Waals surface area contributed by atoms with Crippen LogP contribution in [0.4, 0.5) is 5.69 Å². The van der Waals surface area contributed by atoms with Crippen LogP contribution in [0.15, 0.2) is 24.3 Å². The minimum absolute atomic E-state index is 0.0817. The van der Waals surface area contributed by atoms with Crippen LogP contribution in [0.2, 0.25) is 0 Å². The van der Waals surface area contributed by atoms with Crippen LogP contribution < -0.4 is 10.6 Å². The second kappa shape index (κ2) is 5.29. The van der Waals surface area contributed by atoms with Crippen LogP contribution >= 0.6 is 0 Å². The van der Waals surface area contributed by atoms with Crippen molar-refractivity contribution in [1.29, 1.82) is 0 Å². The van der Waals surface area contributed by atoms with Crippen molar-refractivity contribution < 1.29 is 4.74 Å². The number of ether oxygens (including phenoxy) is 1. The van der Waals surface area contributed by atoms with E-state index in [2.05, 4.69) is 49.9 Å². The number of morpholine rings is 1. The summed E-state index contributed by atoms with van der Waals surface area (Å²) < 4.78 is 5.77. The average molecular weight is 248 g/mol. The molecule has 1 fully saturated rings. The van der Waals surface area contributed by atoms with Gasteiger partial charge in [-0.05, 0) is 31.9 Å². The molecule has 1 saturated heterocycles. The maximum atomic E-state index is 6.21. The van der Waals surface area contributed by atoms with E-state index in [4.69, 9.17) is 10.5 Å². The maximum absolute atomic E-state index is 6.21. The first-order valence-electron chi connectivity index (χ1n) is 6.77. The minimum Gasteiger partial charge on any atom is -0.372 e. The largest absolute Gasteiger partial charge is 0.372 e. The van der Waals surface area contributed by atoms with Crippen LogP contribution in [0, 0.1) is 0 Å².